The van der Waals surface area contributed by atoms with Crippen LogP contribution in [0.25, 0.3) is 0 Å². The van der Waals surface area contributed by atoms with Gasteiger partial charge in [0.05, 0.1) is 6.54 Å². The van der Waals surface area contributed by atoms with Gasteiger partial charge in [-0.15, -0.1) is 0 Å². The van der Waals surface area contributed by atoms with Crippen molar-refractivity contribution in [3.8, 4) is 0 Å². The molecule has 2 amide bonds. The zero-order chi connectivity index (χ0) is 13.4. The van der Waals surface area contributed by atoms with Crippen molar-refractivity contribution in [3.05, 3.63) is 0 Å². The molecule has 2 rings (SSSR count). The summed E-state index contributed by atoms with van der Waals surface area (Å²) in [7, 11) is 0. The van der Waals surface area contributed by atoms with E-state index >= 15 is 0 Å². The fraction of sp³-hybridized carbons (Fsp3) is 0.857. The van der Waals surface area contributed by atoms with Crippen LogP contribution in [0.5, 0.6) is 0 Å². The van der Waals surface area contributed by atoms with Crippen LogP contribution in [0.2, 0.25) is 0 Å². The van der Waals surface area contributed by atoms with Gasteiger partial charge in [-0.05, 0) is 31.1 Å². The Morgan fingerprint density at radius 2 is 1.83 bits per heavy atom. The van der Waals surface area contributed by atoms with Crippen molar-refractivity contribution >= 4 is 11.8 Å². The number of piperazine rings is 1. The van der Waals surface area contributed by atoms with Crippen molar-refractivity contribution in [2.24, 2.45) is 5.41 Å². The number of nitrogens with one attached hydrogen (secondary N) is 1. The van der Waals surface area contributed by atoms with Gasteiger partial charge in [0, 0.05) is 6.54 Å². The SMILES string of the molecule is CCC1(CC)NC(=O)CN(CC2(C)CCC2)C1=O. The Balaban J connectivity index is 2.14. The van der Waals surface area contributed by atoms with E-state index in [1.165, 1.54) is 19.3 Å². The molecule has 0 aromatic rings. The summed E-state index contributed by atoms with van der Waals surface area (Å²) in [5.41, 5.74) is -0.421. The lowest BCUT2D eigenvalue weighted by Gasteiger charge is -2.47. The fourth-order valence-corrected chi connectivity index (χ4v) is 3.16. The van der Waals surface area contributed by atoms with Gasteiger partial charge in [0.15, 0.2) is 0 Å². The predicted octanol–water partition coefficient (Wildman–Crippen LogP) is 1.69. The molecule has 1 aliphatic heterocycles. The lowest BCUT2D eigenvalue weighted by atomic mass is 9.70. The molecule has 0 aromatic carbocycles. The third kappa shape index (κ3) is 2.13. The molecule has 4 heteroatoms. The lowest BCUT2D eigenvalue weighted by Crippen LogP contribution is -2.67. The molecule has 1 aliphatic carbocycles. The number of nitrogens with zero attached hydrogens (tertiary/aromatic N) is 1. The number of carbonyl (C=O) groups excluding carboxylic acids is 2. The summed E-state index contributed by atoms with van der Waals surface area (Å²) in [4.78, 5) is 26.2. The number of carbonyl (C=O) groups is 2. The quantitative estimate of drug-likeness (QED) is 0.828. The summed E-state index contributed by atoms with van der Waals surface area (Å²) in [6.07, 6.45) is 4.92. The first-order valence-electron chi connectivity index (χ1n) is 7.05. The van der Waals surface area contributed by atoms with Crippen molar-refractivity contribution in [1.82, 2.24) is 10.2 Å². The Hall–Kier alpha value is -1.06. The van der Waals surface area contributed by atoms with E-state index in [9.17, 15) is 9.59 Å². The molecule has 0 atom stereocenters. The van der Waals surface area contributed by atoms with Crippen LogP contribution in [0.3, 0.4) is 0 Å². The minimum Gasteiger partial charge on any atom is -0.340 e. The van der Waals surface area contributed by atoms with E-state index in [0.717, 1.165) is 6.54 Å². The Kier molecular flexibility index (Phi) is 3.39. The maximum Gasteiger partial charge on any atom is 0.248 e. The summed E-state index contributed by atoms with van der Waals surface area (Å²) in [5.74, 6) is 0.0986. The Morgan fingerprint density at radius 3 is 2.28 bits per heavy atom. The van der Waals surface area contributed by atoms with Gasteiger partial charge in [-0.1, -0.05) is 27.2 Å². The highest BCUT2D eigenvalue weighted by molar-refractivity contribution is 5.97. The highest BCUT2D eigenvalue weighted by Crippen LogP contribution is 2.41. The molecule has 1 saturated heterocycles. The van der Waals surface area contributed by atoms with Crippen molar-refractivity contribution in [2.45, 2.75) is 58.4 Å². The van der Waals surface area contributed by atoms with Gasteiger partial charge in [-0.25, -0.2) is 0 Å². The Labute approximate surface area is 109 Å². The van der Waals surface area contributed by atoms with Gasteiger partial charge in [-0.3, -0.25) is 9.59 Å². The van der Waals surface area contributed by atoms with Crippen LogP contribution >= 0.6 is 0 Å². The molecule has 0 radical (unpaired) electrons. The van der Waals surface area contributed by atoms with Gasteiger partial charge in [0.2, 0.25) is 11.8 Å². The molecule has 1 heterocycles. The number of rotatable bonds is 4. The number of hydrogen-bond donors (Lipinski definition) is 1. The van der Waals surface area contributed by atoms with Crippen LogP contribution in [0, 0.1) is 5.41 Å². The second kappa shape index (κ2) is 4.56. The van der Waals surface area contributed by atoms with E-state index in [-0.39, 0.29) is 23.8 Å². The molecule has 2 aliphatic rings. The van der Waals surface area contributed by atoms with E-state index < -0.39 is 5.54 Å². The van der Waals surface area contributed by atoms with Crippen LogP contribution in [0.15, 0.2) is 0 Å². The minimum absolute atomic E-state index is 0.0128. The van der Waals surface area contributed by atoms with Crippen molar-refractivity contribution in [2.75, 3.05) is 13.1 Å². The van der Waals surface area contributed by atoms with Crippen LogP contribution in [0.4, 0.5) is 0 Å². The monoisotopic (exact) mass is 252 g/mol. The van der Waals surface area contributed by atoms with E-state index in [1.807, 2.05) is 13.8 Å². The zero-order valence-corrected chi connectivity index (χ0v) is 11.7. The maximum absolute atomic E-state index is 12.6. The van der Waals surface area contributed by atoms with Crippen LogP contribution in [-0.2, 0) is 9.59 Å². The lowest BCUT2D eigenvalue weighted by molar-refractivity contribution is -0.152. The van der Waals surface area contributed by atoms with Crippen molar-refractivity contribution in [1.29, 1.82) is 0 Å². The summed E-state index contributed by atoms with van der Waals surface area (Å²) >= 11 is 0. The molecule has 18 heavy (non-hydrogen) atoms. The Morgan fingerprint density at radius 1 is 1.22 bits per heavy atom. The Bertz CT molecular complexity index is 357. The number of hydrogen-bond acceptors (Lipinski definition) is 2. The smallest absolute Gasteiger partial charge is 0.248 e. The highest BCUT2D eigenvalue weighted by atomic mass is 16.2. The van der Waals surface area contributed by atoms with Gasteiger partial charge >= 0.3 is 0 Å². The van der Waals surface area contributed by atoms with Crippen LogP contribution in [-0.4, -0.2) is 35.3 Å². The van der Waals surface area contributed by atoms with Crippen molar-refractivity contribution in [3.63, 3.8) is 0 Å². The minimum atomic E-state index is -0.657. The van der Waals surface area contributed by atoms with E-state index in [0.29, 0.717) is 12.8 Å². The van der Waals surface area contributed by atoms with Gasteiger partial charge < -0.3 is 10.2 Å². The molecular weight excluding hydrogens is 228 g/mol. The molecule has 4 nitrogen and oxygen atoms in total. The predicted molar refractivity (Wildman–Crippen MR) is 70.0 cm³/mol. The molecule has 2 fully saturated rings. The van der Waals surface area contributed by atoms with Gasteiger partial charge in [0.1, 0.15) is 5.54 Å². The van der Waals surface area contributed by atoms with E-state index in [2.05, 4.69) is 12.2 Å². The molecule has 102 valence electrons. The molecular formula is C14H24N2O2. The molecule has 0 spiro atoms. The van der Waals surface area contributed by atoms with Crippen LogP contribution in [0.1, 0.15) is 52.9 Å². The summed E-state index contributed by atoms with van der Waals surface area (Å²) in [6.45, 7) is 7.12. The standard InChI is InChI=1S/C14H24N2O2/c1-4-14(5-2)12(18)16(9-11(17)15-14)10-13(3)7-6-8-13/h4-10H2,1-3H3,(H,15,17). The van der Waals surface area contributed by atoms with Gasteiger partial charge in [0.25, 0.3) is 0 Å². The third-order valence-electron chi connectivity index (χ3n) is 4.75. The maximum atomic E-state index is 12.6. The molecule has 1 N–H and O–H groups in total. The van der Waals surface area contributed by atoms with Crippen LogP contribution < -0.4 is 5.32 Å². The summed E-state index contributed by atoms with van der Waals surface area (Å²) in [6, 6.07) is 0. The second-order valence-corrected chi connectivity index (χ2v) is 6.16. The van der Waals surface area contributed by atoms with E-state index in [4.69, 9.17) is 0 Å². The molecule has 0 aromatic heterocycles. The average Bonchev–Trinajstić information content (AvgIpc) is 2.31. The normalized spacial score (nSPS) is 25.6. The molecule has 1 saturated carbocycles. The van der Waals surface area contributed by atoms with E-state index in [1.54, 1.807) is 4.90 Å². The summed E-state index contributed by atoms with van der Waals surface area (Å²) < 4.78 is 0. The first-order valence-corrected chi connectivity index (χ1v) is 7.05. The average molecular weight is 252 g/mol. The topological polar surface area (TPSA) is 49.4 Å². The molecule has 0 bridgehead atoms. The first kappa shape index (κ1) is 13.4. The number of amides is 2. The van der Waals surface area contributed by atoms with Gasteiger partial charge in [-0.2, -0.15) is 0 Å². The zero-order valence-electron chi connectivity index (χ0n) is 11.7. The largest absolute Gasteiger partial charge is 0.340 e. The first-order chi connectivity index (χ1) is 8.45. The fourth-order valence-electron chi connectivity index (χ4n) is 3.16. The third-order valence-corrected chi connectivity index (χ3v) is 4.75. The highest BCUT2D eigenvalue weighted by Gasteiger charge is 2.46. The van der Waals surface area contributed by atoms with Crippen molar-refractivity contribution < 1.29 is 9.59 Å². The molecule has 0 unspecified atom stereocenters. The summed E-state index contributed by atoms with van der Waals surface area (Å²) in [5, 5.41) is 2.90. The second-order valence-electron chi connectivity index (χ2n) is 6.16.